The van der Waals surface area contributed by atoms with Crippen molar-refractivity contribution < 1.29 is 14.3 Å². The molecule has 1 aromatic heterocycles. The monoisotopic (exact) mass is 362 g/mol. The molecule has 134 valence electrons. The summed E-state index contributed by atoms with van der Waals surface area (Å²) in [5.41, 5.74) is -0.114. The molecule has 2 heterocycles. The highest BCUT2D eigenvalue weighted by Gasteiger charge is 2.33. The van der Waals surface area contributed by atoms with Crippen LogP contribution in [0.3, 0.4) is 0 Å². The summed E-state index contributed by atoms with van der Waals surface area (Å²) in [4.78, 5) is 16.1. The molecule has 1 amide bonds. The quantitative estimate of drug-likeness (QED) is 0.860. The number of aliphatic hydroxyl groups is 1. The van der Waals surface area contributed by atoms with E-state index in [4.69, 9.17) is 0 Å². The molecule has 0 bridgehead atoms. The van der Waals surface area contributed by atoms with Gasteiger partial charge in [0.15, 0.2) is 0 Å². The second kappa shape index (κ2) is 7.64. The molecule has 1 aliphatic rings. The zero-order valence-corrected chi connectivity index (χ0v) is 15.1. The third kappa shape index (κ3) is 4.45. The van der Waals surface area contributed by atoms with Crippen LogP contribution in [0.5, 0.6) is 0 Å². The minimum absolute atomic E-state index is 0.0297. The van der Waals surface area contributed by atoms with Crippen molar-refractivity contribution in [3.63, 3.8) is 0 Å². The van der Waals surface area contributed by atoms with Gasteiger partial charge in [-0.25, -0.2) is 4.39 Å². The van der Waals surface area contributed by atoms with Crippen molar-refractivity contribution in [3.05, 3.63) is 57.5 Å². The molecule has 1 saturated heterocycles. The fourth-order valence-corrected chi connectivity index (χ4v) is 3.95. The van der Waals surface area contributed by atoms with Crippen molar-refractivity contribution in [1.29, 1.82) is 0 Å². The summed E-state index contributed by atoms with van der Waals surface area (Å²) in [7, 11) is 0. The van der Waals surface area contributed by atoms with E-state index in [1.165, 1.54) is 23.5 Å². The lowest BCUT2D eigenvalue weighted by Crippen LogP contribution is -2.45. The predicted molar refractivity (Wildman–Crippen MR) is 97.4 cm³/mol. The Hall–Kier alpha value is -1.76. The molecule has 0 unspecified atom stereocenters. The van der Waals surface area contributed by atoms with Gasteiger partial charge in [-0.2, -0.15) is 0 Å². The number of nitrogens with one attached hydrogen (secondary N) is 1. The van der Waals surface area contributed by atoms with Crippen LogP contribution < -0.4 is 5.32 Å². The number of hydrogen-bond acceptors (Lipinski definition) is 4. The second-order valence-electron chi connectivity index (χ2n) is 6.55. The highest BCUT2D eigenvalue weighted by Crippen LogP contribution is 2.32. The summed E-state index contributed by atoms with van der Waals surface area (Å²) in [6.45, 7) is 4.83. The molecule has 0 aliphatic carbocycles. The normalized spacial score (nSPS) is 17.4. The number of likely N-dealkylation sites (tertiary alicyclic amines) is 1. The average Bonchev–Trinajstić information content (AvgIpc) is 3.04. The van der Waals surface area contributed by atoms with Crippen LogP contribution in [0.15, 0.2) is 36.4 Å². The second-order valence-corrected chi connectivity index (χ2v) is 7.83. The maximum Gasteiger partial charge on any atom is 0.261 e. The molecule has 0 radical (unpaired) electrons. The van der Waals surface area contributed by atoms with Crippen molar-refractivity contribution in [2.45, 2.75) is 25.4 Å². The van der Waals surface area contributed by atoms with E-state index in [2.05, 4.69) is 10.2 Å². The van der Waals surface area contributed by atoms with Crippen LogP contribution in [-0.2, 0) is 5.60 Å². The van der Waals surface area contributed by atoms with Gasteiger partial charge in [-0.05, 0) is 49.6 Å². The first-order valence-electron chi connectivity index (χ1n) is 8.52. The maximum absolute atomic E-state index is 13.0. The molecule has 25 heavy (non-hydrogen) atoms. The number of hydrogen-bond donors (Lipinski definition) is 2. The van der Waals surface area contributed by atoms with Gasteiger partial charge in [-0.15, -0.1) is 11.3 Å². The SMILES string of the molecule is Cc1ccc(C(=O)NCCN2CCC(O)(c3ccc(F)cc3)CC2)s1. The van der Waals surface area contributed by atoms with Gasteiger partial charge in [0.1, 0.15) is 5.82 Å². The topological polar surface area (TPSA) is 52.6 Å². The van der Waals surface area contributed by atoms with Crippen LogP contribution in [0.2, 0.25) is 0 Å². The highest BCUT2D eigenvalue weighted by molar-refractivity contribution is 7.13. The number of halogens is 1. The Kier molecular flexibility index (Phi) is 5.51. The molecule has 1 aliphatic heterocycles. The van der Waals surface area contributed by atoms with Crippen molar-refractivity contribution in [3.8, 4) is 0 Å². The van der Waals surface area contributed by atoms with Crippen molar-refractivity contribution in [1.82, 2.24) is 10.2 Å². The van der Waals surface area contributed by atoms with Crippen molar-refractivity contribution in [2.24, 2.45) is 0 Å². The standard InChI is InChI=1S/C19H23FN2O2S/c1-14-2-7-17(25-14)18(23)21-10-13-22-11-8-19(24,9-12-22)15-3-5-16(20)6-4-15/h2-7,24H,8-13H2,1H3,(H,21,23). The first kappa shape index (κ1) is 18.0. The maximum atomic E-state index is 13.0. The molecule has 2 N–H and O–H groups in total. The minimum atomic E-state index is -0.887. The Balaban J connectivity index is 1.45. The van der Waals surface area contributed by atoms with Crippen molar-refractivity contribution >= 4 is 17.2 Å². The predicted octanol–water partition coefficient (Wildman–Crippen LogP) is 2.91. The van der Waals surface area contributed by atoms with E-state index < -0.39 is 5.60 Å². The summed E-state index contributed by atoms with van der Waals surface area (Å²) in [5, 5.41) is 13.7. The molecule has 0 spiro atoms. The molecule has 1 aromatic carbocycles. The van der Waals surface area contributed by atoms with E-state index in [0.29, 0.717) is 19.4 Å². The Labute approximate surface area is 151 Å². The zero-order chi connectivity index (χ0) is 17.9. The van der Waals surface area contributed by atoms with E-state index in [1.54, 1.807) is 12.1 Å². The summed E-state index contributed by atoms with van der Waals surface area (Å²) in [5.74, 6) is -0.320. The number of benzene rings is 1. The van der Waals surface area contributed by atoms with Gasteiger partial charge in [0.25, 0.3) is 5.91 Å². The van der Waals surface area contributed by atoms with E-state index in [1.807, 2.05) is 19.1 Å². The number of amides is 1. The number of rotatable bonds is 5. The molecule has 1 fully saturated rings. The number of thiophene rings is 1. The molecule has 0 saturated carbocycles. The molecule has 2 aromatic rings. The smallest absolute Gasteiger partial charge is 0.261 e. The molecular weight excluding hydrogens is 339 g/mol. The third-order valence-electron chi connectivity index (χ3n) is 4.74. The summed E-state index contributed by atoms with van der Waals surface area (Å²) < 4.78 is 13.0. The first-order valence-corrected chi connectivity index (χ1v) is 9.33. The third-order valence-corrected chi connectivity index (χ3v) is 5.74. The first-order chi connectivity index (χ1) is 12.0. The van der Waals surface area contributed by atoms with E-state index in [0.717, 1.165) is 35.0 Å². The van der Waals surface area contributed by atoms with Crippen LogP contribution >= 0.6 is 11.3 Å². The number of carbonyl (C=O) groups excluding carboxylic acids is 1. The molecular formula is C19H23FN2O2S. The largest absolute Gasteiger partial charge is 0.385 e. The fourth-order valence-electron chi connectivity index (χ4n) is 3.17. The Morgan fingerprint density at radius 3 is 2.52 bits per heavy atom. The van der Waals surface area contributed by atoms with Crippen LogP contribution in [0.25, 0.3) is 0 Å². The lowest BCUT2D eigenvalue weighted by atomic mass is 9.84. The average molecular weight is 362 g/mol. The van der Waals surface area contributed by atoms with Crippen LogP contribution in [-0.4, -0.2) is 42.1 Å². The van der Waals surface area contributed by atoms with Gasteiger partial charge in [-0.1, -0.05) is 12.1 Å². The minimum Gasteiger partial charge on any atom is -0.385 e. The van der Waals surface area contributed by atoms with E-state index in [-0.39, 0.29) is 11.7 Å². The van der Waals surface area contributed by atoms with Gasteiger partial charge in [-0.3, -0.25) is 4.79 Å². The molecule has 3 rings (SSSR count). The van der Waals surface area contributed by atoms with Gasteiger partial charge in [0.05, 0.1) is 10.5 Å². The molecule has 6 heteroatoms. The van der Waals surface area contributed by atoms with Gasteiger partial charge >= 0.3 is 0 Å². The van der Waals surface area contributed by atoms with Crippen LogP contribution in [0.4, 0.5) is 4.39 Å². The molecule has 4 nitrogen and oxygen atoms in total. The Morgan fingerprint density at radius 2 is 1.92 bits per heavy atom. The zero-order valence-electron chi connectivity index (χ0n) is 14.3. The Bertz CT molecular complexity index is 721. The van der Waals surface area contributed by atoms with E-state index >= 15 is 0 Å². The van der Waals surface area contributed by atoms with Gasteiger partial charge < -0.3 is 15.3 Å². The number of piperidine rings is 1. The number of aryl methyl sites for hydroxylation is 1. The summed E-state index contributed by atoms with van der Waals surface area (Å²) in [6.07, 6.45) is 1.22. The lowest BCUT2D eigenvalue weighted by Gasteiger charge is -2.38. The van der Waals surface area contributed by atoms with Crippen LogP contribution in [0, 0.1) is 12.7 Å². The highest BCUT2D eigenvalue weighted by atomic mass is 32.1. The summed E-state index contributed by atoms with van der Waals surface area (Å²) >= 11 is 1.49. The van der Waals surface area contributed by atoms with Gasteiger partial charge in [0.2, 0.25) is 0 Å². The number of carbonyl (C=O) groups is 1. The number of nitrogens with zero attached hydrogens (tertiary/aromatic N) is 1. The molecule has 0 atom stereocenters. The van der Waals surface area contributed by atoms with E-state index in [9.17, 15) is 14.3 Å². The van der Waals surface area contributed by atoms with Gasteiger partial charge in [0, 0.05) is 31.1 Å². The fraction of sp³-hybridized carbons (Fsp3) is 0.421. The van der Waals surface area contributed by atoms with Crippen molar-refractivity contribution in [2.75, 3.05) is 26.2 Å². The van der Waals surface area contributed by atoms with Crippen LogP contribution in [0.1, 0.15) is 33.0 Å². The lowest BCUT2D eigenvalue weighted by molar-refractivity contribution is -0.0255. The Morgan fingerprint density at radius 1 is 1.24 bits per heavy atom. The summed E-state index contributed by atoms with van der Waals surface area (Å²) in [6, 6.07) is 9.89.